The Hall–Kier alpha value is -4.14. The maximum Gasteiger partial charge on any atom is 0.416 e. The highest BCUT2D eigenvalue weighted by atomic mass is 19.4. The molecule has 0 unspecified atom stereocenters. The number of carbonyl (C=O) groups excluding carboxylic acids is 2. The lowest BCUT2D eigenvalue weighted by atomic mass is 10.0. The molecule has 5 nitrogen and oxygen atoms in total. The third-order valence-electron chi connectivity index (χ3n) is 6.91. The SMILES string of the molecule is COC(=O)c1ccc(C2(NC(=O)c3cc(F)cc4ccn(CC5=CC=C(C(F)(F)F)C=CC5)c34)CC2)cc1. The van der Waals surface area contributed by atoms with Crippen LogP contribution in [0.2, 0.25) is 0 Å². The lowest BCUT2D eigenvalue weighted by molar-refractivity contribution is -0.0881. The fourth-order valence-corrected chi connectivity index (χ4v) is 4.75. The van der Waals surface area contributed by atoms with E-state index in [2.05, 4.69) is 5.32 Å². The molecule has 0 spiro atoms. The Bertz CT molecular complexity index is 1510. The van der Waals surface area contributed by atoms with Crippen molar-refractivity contribution in [1.29, 1.82) is 0 Å². The van der Waals surface area contributed by atoms with Crippen molar-refractivity contribution < 1.29 is 31.9 Å². The van der Waals surface area contributed by atoms with Gasteiger partial charge in [-0.15, -0.1) is 0 Å². The van der Waals surface area contributed by atoms with Crippen LogP contribution in [0.4, 0.5) is 17.6 Å². The van der Waals surface area contributed by atoms with Gasteiger partial charge in [0.1, 0.15) is 5.82 Å². The lowest BCUT2D eigenvalue weighted by Gasteiger charge is -2.19. The fraction of sp³-hybridized carbons (Fsp3) is 0.241. The van der Waals surface area contributed by atoms with E-state index in [1.165, 1.54) is 31.4 Å². The standard InChI is InChI=1S/C29H24F4N2O3/c1-38-27(37)19-6-9-21(10-7-19)28(12-13-28)34-26(36)24-16-23(30)15-20-11-14-35(25(20)24)17-18-3-2-4-22(8-5-18)29(31,32)33/h2,4-11,14-16H,3,12-13,17H2,1H3,(H,34,36). The molecule has 9 heteroatoms. The lowest BCUT2D eigenvalue weighted by Crippen LogP contribution is -2.35. The number of halogens is 4. The summed E-state index contributed by atoms with van der Waals surface area (Å²) in [5, 5.41) is 3.55. The van der Waals surface area contributed by atoms with Crippen molar-refractivity contribution >= 4 is 22.8 Å². The van der Waals surface area contributed by atoms with Crippen LogP contribution in [0.25, 0.3) is 10.9 Å². The van der Waals surface area contributed by atoms with E-state index in [4.69, 9.17) is 4.74 Å². The molecular formula is C29H24F4N2O3. The summed E-state index contributed by atoms with van der Waals surface area (Å²) in [6.07, 6.45) is 3.93. The molecule has 2 aliphatic rings. The number of esters is 1. The predicted octanol–water partition coefficient (Wildman–Crippen LogP) is 6.36. The summed E-state index contributed by atoms with van der Waals surface area (Å²) < 4.78 is 60.3. The van der Waals surface area contributed by atoms with Crippen molar-refractivity contribution in [2.24, 2.45) is 0 Å². The number of alkyl halides is 3. The molecule has 0 aliphatic heterocycles. The third-order valence-corrected chi connectivity index (χ3v) is 6.91. The van der Waals surface area contributed by atoms with Crippen LogP contribution >= 0.6 is 0 Å². The number of hydrogen-bond acceptors (Lipinski definition) is 3. The molecule has 1 heterocycles. The van der Waals surface area contributed by atoms with Gasteiger partial charge in [-0.1, -0.05) is 36.4 Å². The first kappa shape index (κ1) is 25.5. The number of benzene rings is 2. The summed E-state index contributed by atoms with van der Waals surface area (Å²) in [6, 6.07) is 11.0. The van der Waals surface area contributed by atoms with Crippen LogP contribution in [0, 0.1) is 5.82 Å². The maximum absolute atomic E-state index is 14.5. The van der Waals surface area contributed by atoms with Gasteiger partial charge in [-0.2, -0.15) is 13.2 Å². The number of nitrogens with zero attached hydrogens (tertiary/aromatic N) is 1. The van der Waals surface area contributed by atoms with Gasteiger partial charge in [0.15, 0.2) is 0 Å². The van der Waals surface area contributed by atoms with E-state index in [1.807, 2.05) is 0 Å². The normalized spacial score (nSPS) is 16.4. The van der Waals surface area contributed by atoms with Crippen LogP contribution in [0.3, 0.4) is 0 Å². The zero-order valence-electron chi connectivity index (χ0n) is 20.4. The van der Waals surface area contributed by atoms with Crippen LogP contribution < -0.4 is 5.32 Å². The van der Waals surface area contributed by atoms with E-state index < -0.39 is 35.0 Å². The van der Waals surface area contributed by atoms with E-state index in [9.17, 15) is 27.2 Å². The minimum atomic E-state index is -4.44. The van der Waals surface area contributed by atoms with Gasteiger partial charge in [-0.05, 0) is 60.7 Å². The molecule has 0 bridgehead atoms. The van der Waals surface area contributed by atoms with Crippen molar-refractivity contribution in [2.45, 2.75) is 37.5 Å². The molecule has 1 N–H and O–H groups in total. The molecule has 0 atom stereocenters. The molecule has 196 valence electrons. The van der Waals surface area contributed by atoms with Crippen molar-refractivity contribution in [3.8, 4) is 0 Å². The average Bonchev–Trinajstić information content (AvgIpc) is 3.62. The van der Waals surface area contributed by atoms with Gasteiger partial charge >= 0.3 is 12.1 Å². The number of rotatable bonds is 6. The first-order chi connectivity index (χ1) is 18.1. The Labute approximate surface area is 216 Å². The number of carbonyl (C=O) groups is 2. The van der Waals surface area contributed by atoms with Gasteiger partial charge in [0.2, 0.25) is 0 Å². The molecule has 1 fully saturated rings. The molecule has 1 aromatic heterocycles. The quantitative estimate of drug-likeness (QED) is 0.302. The molecule has 38 heavy (non-hydrogen) atoms. The van der Waals surface area contributed by atoms with Gasteiger partial charge in [0, 0.05) is 18.1 Å². The number of methoxy groups -OCH3 is 1. The predicted molar refractivity (Wildman–Crippen MR) is 134 cm³/mol. The van der Waals surface area contributed by atoms with Crippen LogP contribution in [0.1, 0.15) is 45.5 Å². The zero-order chi connectivity index (χ0) is 27.1. The monoisotopic (exact) mass is 524 g/mol. The summed E-state index contributed by atoms with van der Waals surface area (Å²) in [5.41, 5.74) is 1.19. The first-order valence-corrected chi connectivity index (χ1v) is 12.0. The average molecular weight is 525 g/mol. The molecular weight excluding hydrogens is 500 g/mol. The van der Waals surface area contributed by atoms with E-state index in [0.717, 1.165) is 17.7 Å². The fourth-order valence-electron chi connectivity index (χ4n) is 4.75. The highest BCUT2D eigenvalue weighted by Crippen LogP contribution is 2.46. The van der Waals surface area contributed by atoms with Crippen LogP contribution in [-0.2, 0) is 16.8 Å². The van der Waals surface area contributed by atoms with Crippen LogP contribution in [-0.4, -0.2) is 29.7 Å². The van der Waals surface area contributed by atoms with E-state index in [1.54, 1.807) is 41.1 Å². The summed E-state index contributed by atoms with van der Waals surface area (Å²) in [6.45, 7) is 0.238. The van der Waals surface area contributed by atoms with Gasteiger partial charge in [-0.3, -0.25) is 4.79 Å². The van der Waals surface area contributed by atoms with E-state index in [0.29, 0.717) is 41.3 Å². The Morgan fingerprint density at radius 3 is 2.47 bits per heavy atom. The minimum Gasteiger partial charge on any atom is -0.465 e. The highest BCUT2D eigenvalue weighted by molar-refractivity contribution is 6.06. The van der Waals surface area contributed by atoms with E-state index in [-0.39, 0.29) is 12.1 Å². The highest BCUT2D eigenvalue weighted by Gasteiger charge is 2.46. The number of ether oxygens (including phenoxy) is 1. The van der Waals surface area contributed by atoms with Crippen LogP contribution in [0.15, 0.2) is 84.1 Å². The number of allylic oxidation sites excluding steroid dienone is 6. The largest absolute Gasteiger partial charge is 0.465 e. The molecule has 0 saturated heterocycles. The third kappa shape index (κ3) is 5.01. The second-order valence-corrected chi connectivity index (χ2v) is 9.49. The van der Waals surface area contributed by atoms with Crippen molar-refractivity contribution in [3.05, 3.63) is 107 Å². The molecule has 2 aromatic carbocycles. The molecule has 2 aliphatic carbocycles. The van der Waals surface area contributed by atoms with E-state index >= 15 is 0 Å². The summed E-state index contributed by atoms with van der Waals surface area (Å²) >= 11 is 0. The van der Waals surface area contributed by atoms with Gasteiger partial charge < -0.3 is 14.6 Å². The summed E-state index contributed by atoms with van der Waals surface area (Å²) in [4.78, 5) is 25.2. The Balaban J connectivity index is 1.43. The van der Waals surface area contributed by atoms with Crippen molar-refractivity contribution in [3.63, 3.8) is 0 Å². The molecule has 5 rings (SSSR count). The van der Waals surface area contributed by atoms with Gasteiger partial charge in [0.25, 0.3) is 5.91 Å². The number of hydrogen-bond donors (Lipinski definition) is 1. The Morgan fingerprint density at radius 1 is 1.08 bits per heavy atom. The molecule has 1 amide bonds. The molecule has 3 aromatic rings. The number of aromatic nitrogens is 1. The summed E-state index contributed by atoms with van der Waals surface area (Å²) in [7, 11) is 1.30. The maximum atomic E-state index is 14.5. The Kier molecular flexibility index (Phi) is 6.46. The van der Waals surface area contributed by atoms with Crippen LogP contribution in [0.5, 0.6) is 0 Å². The molecule has 0 radical (unpaired) electrons. The van der Waals surface area contributed by atoms with Gasteiger partial charge in [0.05, 0.1) is 34.9 Å². The Morgan fingerprint density at radius 2 is 1.82 bits per heavy atom. The first-order valence-electron chi connectivity index (χ1n) is 12.0. The second-order valence-electron chi connectivity index (χ2n) is 9.49. The minimum absolute atomic E-state index is 0.138. The number of nitrogens with one attached hydrogen (secondary N) is 1. The molecule has 1 saturated carbocycles. The van der Waals surface area contributed by atoms with Gasteiger partial charge in [-0.25, -0.2) is 9.18 Å². The van der Waals surface area contributed by atoms with Crippen molar-refractivity contribution in [1.82, 2.24) is 9.88 Å². The number of fused-ring (bicyclic) bond motifs is 1. The topological polar surface area (TPSA) is 60.3 Å². The zero-order valence-corrected chi connectivity index (χ0v) is 20.4. The smallest absolute Gasteiger partial charge is 0.416 e. The number of amides is 1. The second kappa shape index (κ2) is 9.63. The summed E-state index contributed by atoms with van der Waals surface area (Å²) in [5.74, 6) is -1.49. The van der Waals surface area contributed by atoms with Crippen molar-refractivity contribution in [2.75, 3.05) is 7.11 Å².